The molecular formula is C16H17Br2O3P. The van der Waals surface area contributed by atoms with E-state index in [-0.39, 0.29) is 0 Å². The van der Waals surface area contributed by atoms with Crippen LogP contribution in [0.25, 0.3) is 0 Å². The lowest BCUT2D eigenvalue weighted by atomic mass is 10.1. The molecule has 0 amide bonds. The molecular weight excluding hydrogens is 431 g/mol. The maximum atomic E-state index is 11.8. The van der Waals surface area contributed by atoms with Crippen LogP contribution in [-0.4, -0.2) is 0 Å². The van der Waals surface area contributed by atoms with Crippen LogP contribution < -0.4 is 0 Å². The van der Waals surface area contributed by atoms with Crippen molar-refractivity contribution < 1.29 is 13.6 Å². The Morgan fingerprint density at radius 3 is 1.59 bits per heavy atom. The molecule has 0 N–H and O–H groups in total. The van der Waals surface area contributed by atoms with Gasteiger partial charge < -0.3 is 9.05 Å². The Morgan fingerprint density at radius 2 is 1.18 bits per heavy atom. The third kappa shape index (κ3) is 5.98. The molecule has 0 saturated carbocycles. The zero-order chi connectivity index (χ0) is 15.8. The van der Waals surface area contributed by atoms with E-state index in [1.165, 1.54) is 0 Å². The summed E-state index contributed by atoms with van der Waals surface area (Å²) >= 11 is 6.82. The van der Waals surface area contributed by atoms with Crippen LogP contribution in [0.4, 0.5) is 0 Å². The van der Waals surface area contributed by atoms with E-state index in [1.54, 1.807) is 0 Å². The monoisotopic (exact) mass is 446 g/mol. The van der Waals surface area contributed by atoms with Crippen molar-refractivity contribution in [1.29, 1.82) is 0 Å². The van der Waals surface area contributed by atoms with Crippen LogP contribution in [-0.2, 0) is 37.5 Å². The molecule has 22 heavy (non-hydrogen) atoms. The maximum absolute atomic E-state index is 11.8. The van der Waals surface area contributed by atoms with Crippen LogP contribution in [0, 0.1) is 0 Å². The van der Waals surface area contributed by atoms with Gasteiger partial charge in [-0.15, -0.1) is 0 Å². The van der Waals surface area contributed by atoms with E-state index in [2.05, 4.69) is 31.9 Å². The predicted molar refractivity (Wildman–Crippen MR) is 96.7 cm³/mol. The summed E-state index contributed by atoms with van der Waals surface area (Å²) in [5.74, 6) is 0. The molecule has 0 radical (unpaired) electrons. The Kier molecular flexibility index (Phi) is 7.84. The first-order valence-corrected chi connectivity index (χ1v) is 10.2. The van der Waals surface area contributed by atoms with Crippen molar-refractivity contribution in [1.82, 2.24) is 0 Å². The molecule has 118 valence electrons. The van der Waals surface area contributed by atoms with E-state index in [9.17, 15) is 4.57 Å². The van der Waals surface area contributed by atoms with Gasteiger partial charge in [-0.1, -0.05) is 80.4 Å². The van der Waals surface area contributed by atoms with Gasteiger partial charge in [0.2, 0.25) is 0 Å². The van der Waals surface area contributed by atoms with Gasteiger partial charge in [0, 0.05) is 10.7 Å². The minimum atomic E-state index is -2.50. The summed E-state index contributed by atoms with van der Waals surface area (Å²) in [6.45, 7) is 0.583. The molecule has 0 aliphatic rings. The first-order valence-electron chi connectivity index (χ1n) is 6.78. The first-order chi connectivity index (χ1) is 10.7. The highest BCUT2D eigenvalue weighted by Crippen LogP contribution is 2.28. The summed E-state index contributed by atoms with van der Waals surface area (Å²) in [4.78, 5) is 0. The van der Waals surface area contributed by atoms with Crippen molar-refractivity contribution in [3.63, 3.8) is 0 Å². The molecule has 0 bridgehead atoms. The van der Waals surface area contributed by atoms with Gasteiger partial charge in [0.1, 0.15) is 0 Å². The molecule has 0 fully saturated rings. The Balaban J connectivity index is 1.80. The standard InChI is InChI=1S/C16H17Br2O3P/c17-9-13-3-1-5-15(7-13)11-20-22(19)21-12-16-6-2-4-14(8-16)10-18/h1-8,22H,9-12H2. The fraction of sp³-hybridized carbons (Fsp3) is 0.250. The second kappa shape index (κ2) is 9.64. The number of alkyl halides is 2. The Hall–Kier alpha value is -0.450. The summed E-state index contributed by atoms with van der Waals surface area (Å²) in [6.07, 6.45) is 0. The lowest BCUT2D eigenvalue weighted by molar-refractivity contribution is 0.213. The summed E-state index contributed by atoms with van der Waals surface area (Å²) in [7, 11) is -2.50. The average Bonchev–Trinajstić information content (AvgIpc) is 2.58. The first kappa shape index (κ1) is 17.9. The second-order valence-electron chi connectivity index (χ2n) is 4.73. The van der Waals surface area contributed by atoms with Crippen LogP contribution in [0.2, 0.25) is 0 Å². The molecule has 0 aromatic heterocycles. The number of hydrogen-bond donors (Lipinski definition) is 0. The number of rotatable bonds is 8. The molecule has 6 heteroatoms. The number of hydrogen-bond acceptors (Lipinski definition) is 3. The zero-order valence-corrected chi connectivity index (χ0v) is 16.1. The van der Waals surface area contributed by atoms with Gasteiger partial charge in [-0.25, -0.2) is 0 Å². The second-order valence-corrected chi connectivity index (χ2v) is 6.93. The predicted octanol–water partition coefficient (Wildman–Crippen LogP) is 5.60. The van der Waals surface area contributed by atoms with Crippen molar-refractivity contribution in [2.24, 2.45) is 0 Å². The highest BCUT2D eigenvalue weighted by atomic mass is 79.9. The topological polar surface area (TPSA) is 35.5 Å². The van der Waals surface area contributed by atoms with Crippen molar-refractivity contribution in [3.05, 3.63) is 70.8 Å². The summed E-state index contributed by atoms with van der Waals surface area (Å²) in [5, 5.41) is 1.58. The minimum absolute atomic E-state index is 0.292. The van der Waals surface area contributed by atoms with Gasteiger partial charge >= 0.3 is 8.25 Å². The molecule has 2 rings (SSSR count). The van der Waals surface area contributed by atoms with Gasteiger partial charge in [0.25, 0.3) is 0 Å². The van der Waals surface area contributed by atoms with Crippen molar-refractivity contribution in [2.45, 2.75) is 23.9 Å². The van der Waals surface area contributed by atoms with Gasteiger partial charge in [0.05, 0.1) is 13.2 Å². The Morgan fingerprint density at radius 1 is 0.773 bits per heavy atom. The third-order valence-corrected chi connectivity index (χ3v) is 5.06. The normalized spacial score (nSPS) is 11.0. The number of halogens is 2. The highest BCUT2D eigenvalue weighted by Gasteiger charge is 2.03. The summed E-state index contributed by atoms with van der Waals surface area (Å²) in [5.41, 5.74) is 4.29. The quantitative estimate of drug-likeness (QED) is 0.390. The van der Waals surface area contributed by atoms with E-state index < -0.39 is 8.25 Å². The summed E-state index contributed by atoms with van der Waals surface area (Å²) in [6, 6.07) is 15.9. The van der Waals surface area contributed by atoms with Gasteiger partial charge in [0.15, 0.2) is 0 Å². The fourth-order valence-corrected chi connectivity index (χ4v) is 3.28. The van der Waals surface area contributed by atoms with Gasteiger partial charge in [-0.2, -0.15) is 0 Å². The zero-order valence-electron chi connectivity index (χ0n) is 11.9. The third-order valence-electron chi connectivity index (χ3n) is 3.00. The van der Waals surface area contributed by atoms with Crippen molar-refractivity contribution in [2.75, 3.05) is 0 Å². The van der Waals surface area contributed by atoms with E-state index in [0.29, 0.717) is 13.2 Å². The molecule has 0 heterocycles. The lowest BCUT2D eigenvalue weighted by Gasteiger charge is -2.07. The van der Waals surface area contributed by atoms with Gasteiger partial charge in [-0.3, -0.25) is 4.57 Å². The Labute approximate surface area is 148 Å². The highest BCUT2D eigenvalue weighted by molar-refractivity contribution is 9.08. The largest absolute Gasteiger partial charge is 0.319 e. The van der Waals surface area contributed by atoms with Crippen LogP contribution >= 0.6 is 40.1 Å². The SMILES string of the molecule is O=[PH](OCc1cccc(CBr)c1)OCc1cccc(CBr)c1. The van der Waals surface area contributed by atoms with Gasteiger partial charge in [-0.05, 0) is 22.3 Å². The van der Waals surface area contributed by atoms with Crippen LogP contribution in [0.15, 0.2) is 48.5 Å². The van der Waals surface area contributed by atoms with Crippen molar-refractivity contribution >= 4 is 40.1 Å². The number of benzene rings is 2. The lowest BCUT2D eigenvalue weighted by Crippen LogP contribution is -1.91. The van der Waals surface area contributed by atoms with Crippen LogP contribution in [0.1, 0.15) is 22.3 Å². The molecule has 0 aliphatic heterocycles. The smallest absolute Gasteiger partial charge is 0.306 e. The van der Waals surface area contributed by atoms with E-state index in [4.69, 9.17) is 9.05 Å². The van der Waals surface area contributed by atoms with Crippen LogP contribution in [0.3, 0.4) is 0 Å². The fourth-order valence-electron chi connectivity index (χ4n) is 1.93. The molecule has 0 atom stereocenters. The Bertz CT molecular complexity index is 581. The van der Waals surface area contributed by atoms with E-state index in [1.807, 2.05) is 48.5 Å². The van der Waals surface area contributed by atoms with E-state index >= 15 is 0 Å². The van der Waals surface area contributed by atoms with Crippen LogP contribution in [0.5, 0.6) is 0 Å². The molecule has 2 aromatic carbocycles. The molecule has 2 aromatic rings. The molecule has 0 unspecified atom stereocenters. The molecule has 0 spiro atoms. The van der Waals surface area contributed by atoms with E-state index in [0.717, 1.165) is 32.9 Å². The molecule has 3 nitrogen and oxygen atoms in total. The maximum Gasteiger partial charge on any atom is 0.319 e. The molecule has 0 aliphatic carbocycles. The van der Waals surface area contributed by atoms with Crippen molar-refractivity contribution in [3.8, 4) is 0 Å². The minimum Gasteiger partial charge on any atom is -0.306 e. The summed E-state index contributed by atoms with van der Waals surface area (Å²) < 4.78 is 22.4. The molecule has 0 saturated heterocycles. The average molecular weight is 448 g/mol.